The Morgan fingerprint density at radius 2 is 1.94 bits per heavy atom. The lowest BCUT2D eigenvalue weighted by Crippen LogP contribution is -2.43. The van der Waals surface area contributed by atoms with E-state index in [2.05, 4.69) is 20.4 Å². The van der Waals surface area contributed by atoms with E-state index >= 15 is 0 Å². The van der Waals surface area contributed by atoms with E-state index in [9.17, 15) is 4.79 Å². The van der Waals surface area contributed by atoms with E-state index in [1.54, 1.807) is 26.4 Å². The fraction of sp³-hybridized carbons (Fsp3) is 0.333. The van der Waals surface area contributed by atoms with Crippen LogP contribution in [-0.4, -0.2) is 68.1 Å². The Morgan fingerprint density at radius 1 is 1.15 bits per heavy atom. The van der Waals surface area contributed by atoms with E-state index in [0.717, 1.165) is 24.2 Å². The normalized spacial score (nSPS) is 15.1. The van der Waals surface area contributed by atoms with Crippen molar-refractivity contribution in [1.29, 1.82) is 0 Å². The van der Waals surface area contributed by atoms with Gasteiger partial charge in [-0.05, 0) is 35.9 Å². The number of rotatable bonds is 8. The number of hydrogen-bond donors (Lipinski definition) is 2. The summed E-state index contributed by atoms with van der Waals surface area (Å²) in [5, 5.41) is 10.8. The van der Waals surface area contributed by atoms with Crippen LogP contribution in [-0.2, 0) is 4.74 Å². The Kier molecular flexibility index (Phi) is 7.49. The minimum Gasteiger partial charge on any atom is -0.493 e. The first-order valence-electron chi connectivity index (χ1n) is 10.7. The molecule has 33 heavy (non-hydrogen) atoms. The van der Waals surface area contributed by atoms with Crippen LogP contribution in [0.1, 0.15) is 22.1 Å². The highest BCUT2D eigenvalue weighted by Gasteiger charge is 2.25. The third kappa shape index (κ3) is 5.47. The fourth-order valence-corrected chi connectivity index (χ4v) is 4.12. The van der Waals surface area contributed by atoms with Gasteiger partial charge in [0.1, 0.15) is 5.69 Å². The molecule has 1 atom stereocenters. The minimum atomic E-state index is -0.227. The molecule has 1 amide bonds. The number of H-pyrrole nitrogens is 1. The molecular weight excluding hydrogens is 444 g/mol. The maximum atomic E-state index is 12.9. The van der Waals surface area contributed by atoms with Crippen molar-refractivity contribution < 1.29 is 19.0 Å². The number of benzene rings is 2. The number of morpholine rings is 1. The van der Waals surface area contributed by atoms with Crippen LogP contribution in [0.2, 0.25) is 5.02 Å². The number of carbonyl (C=O) groups excluding carboxylic acids is 1. The molecule has 0 saturated carbocycles. The number of ether oxygens (including phenoxy) is 3. The van der Waals surface area contributed by atoms with Gasteiger partial charge in [0.2, 0.25) is 0 Å². The van der Waals surface area contributed by atoms with Gasteiger partial charge in [-0.15, -0.1) is 0 Å². The smallest absolute Gasteiger partial charge is 0.269 e. The first-order valence-corrected chi connectivity index (χ1v) is 11.1. The summed E-state index contributed by atoms with van der Waals surface area (Å²) in [7, 11) is 3.22. The van der Waals surface area contributed by atoms with Crippen LogP contribution in [0.4, 0.5) is 0 Å². The molecule has 2 N–H and O–H groups in total. The quantitative estimate of drug-likeness (QED) is 0.523. The predicted molar refractivity (Wildman–Crippen MR) is 126 cm³/mol. The second kappa shape index (κ2) is 10.7. The summed E-state index contributed by atoms with van der Waals surface area (Å²) < 4.78 is 16.4. The van der Waals surface area contributed by atoms with Gasteiger partial charge in [-0.25, -0.2) is 0 Å². The molecule has 0 bridgehead atoms. The predicted octanol–water partition coefficient (Wildman–Crippen LogP) is 3.55. The van der Waals surface area contributed by atoms with E-state index in [4.69, 9.17) is 25.8 Å². The standard InChI is InChI=1S/C24H27ClN4O4/c1-31-22-7-6-17(13-23(22)32-2)21(29-8-10-33-11-9-29)15-26-24(30)20-14-19(27-28-20)16-4-3-5-18(25)12-16/h3-7,12-14,21H,8-11,15H2,1-2H3,(H,26,30)(H,27,28). The van der Waals surface area contributed by atoms with Crippen molar-refractivity contribution in [2.45, 2.75) is 6.04 Å². The van der Waals surface area contributed by atoms with Crippen LogP contribution in [0.3, 0.4) is 0 Å². The van der Waals surface area contributed by atoms with Crippen molar-refractivity contribution in [2.24, 2.45) is 0 Å². The van der Waals surface area contributed by atoms with Crippen molar-refractivity contribution in [3.05, 3.63) is 64.8 Å². The fourth-order valence-electron chi connectivity index (χ4n) is 3.93. The van der Waals surface area contributed by atoms with Crippen LogP contribution < -0.4 is 14.8 Å². The SMILES string of the molecule is COc1ccc(C(CNC(=O)c2cc(-c3cccc(Cl)c3)n[nH]2)N2CCOCC2)cc1OC. The third-order valence-electron chi connectivity index (χ3n) is 5.68. The van der Waals surface area contributed by atoms with Gasteiger partial charge in [0, 0.05) is 30.2 Å². The average molecular weight is 471 g/mol. The molecule has 1 aliphatic rings. The van der Waals surface area contributed by atoms with E-state index in [0.29, 0.717) is 47.7 Å². The van der Waals surface area contributed by atoms with E-state index < -0.39 is 0 Å². The molecule has 4 rings (SSSR count). The second-order valence-corrected chi connectivity index (χ2v) is 8.10. The van der Waals surface area contributed by atoms with Crippen molar-refractivity contribution in [2.75, 3.05) is 47.1 Å². The van der Waals surface area contributed by atoms with Crippen LogP contribution in [0.5, 0.6) is 11.5 Å². The second-order valence-electron chi connectivity index (χ2n) is 7.67. The zero-order valence-electron chi connectivity index (χ0n) is 18.6. The molecule has 1 aromatic heterocycles. The molecule has 3 aromatic rings. The lowest BCUT2D eigenvalue weighted by atomic mass is 10.0. The van der Waals surface area contributed by atoms with Crippen molar-refractivity contribution >= 4 is 17.5 Å². The Bertz CT molecular complexity index is 1100. The van der Waals surface area contributed by atoms with E-state index in [1.165, 1.54) is 0 Å². The zero-order chi connectivity index (χ0) is 23.2. The number of halogens is 1. The summed E-state index contributed by atoms with van der Waals surface area (Å²) in [5.41, 5.74) is 2.92. The number of nitrogens with zero attached hydrogens (tertiary/aromatic N) is 2. The maximum absolute atomic E-state index is 12.9. The number of carbonyl (C=O) groups is 1. The number of nitrogens with one attached hydrogen (secondary N) is 2. The first kappa shape index (κ1) is 23.1. The molecule has 0 spiro atoms. The Balaban J connectivity index is 1.51. The highest BCUT2D eigenvalue weighted by atomic mass is 35.5. The molecule has 2 aromatic carbocycles. The van der Waals surface area contributed by atoms with Crippen LogP contribution >= 0.6 is 11.6 Å². The third-order valence-corrected chi connectivity index (χ3v) is 5.91. The first-order chi connectivity index (χ1) is 16.1. The van der Waals surface area contributed by atoms with E-state index in [-0.39, 0.29) is 11.9 Å². The van der Waals surface area contributed by atoms with Gasteiger partial charge in [0.25, 0.3) is 5.91 Å². The minimum absolute atomic E-state index is 0.0482. The molecule has 8 nitrogen and oxygen atoms in total. The molecule has 0 radical (unpaired) electrons. The molecule has 1 unspecified atom stereocenters. The molecule has 1 fully saturated rings. The molecule has 1 aliphatic heterocycles. The van der Waals surface area contributed by atoms with Crippen LogP contribution in [0.15, 0.2) is 48.5 Å². The van der Waals surface area contributed by atoms with Crippen LogP contribution in [0, 0.1) is 0 Å². The Hall–Kier alpha value is -3.07. The molecule has 0 aliphatic carbocycles. The van der Waals surface area contributed by atoms with Crippen molar-refractivity contribution in [1.82, 2.24) is 20.4 Å². The number of amides is 1. The van der Waals surface area contributed by atoms with Gasteiger partial charge in [-0.1, -0.05) is 29.8 Å². The van der Waals surface area contributed by atoms with E-state index in [1.807, 2.05) is 36.4 Å². The van der Waals surface area contributed by atoms with Gasteiger partial charge in [0.15, 0.2) is 11.5 Å². The number of aromatic amines is 1. The largest absolute Gasteiger partial charge is 0.493 e. The van der Waals surface area contributed by atoms with Gasteiger partial charge >= 0.3 is 0 Å². The number of aromatic nitrogens is 2. The van der Waals surface area contributed by atoms with Gasteiger partial charge < -0.3 is 19.5 Å². The molecular formula is C24H27ClN4O4. The molecule has 9 heteroatoms. The molecule has 2 heterocycles. The summed E-state index contributed by atoms with van der Waals surface area (Å²) >= 11 is 6.07. The average Bonchev–Trinajstić information content (AvgIpc) is 3.35. The van der Waals surface area contributed by atoms with Gasteiger partial charge in [0.05, 0.1) is 39.2 Å². The van der Waals surface area contributed by atoms with Crippen molar-refractivity contribution in [3.63, 3.8) is 0 Å². The lowest BCUT2D eigenvalue weighted by Gasteiger charge is -2.35. The highest BCUT2D eigenvalue weighted by molar-refractivity contribution is 6.30. The lowest BCUT2D eigenvalue weighted by molar-refractivity contribution is 0.0161. The van der Waals surface area contributed by atoms with Gasteiger partial charge in [-0.3, -0.25) is 14.8 Å². The summed E-state index contributed by atoms with van der Waals surface area (Å²) in [6.45, 7) is 3.28. The van der Waals surface area contributed by atoms with Gasteiger partial charge in [-0.2, -0.15) is 5.10 Å². The Morgan fingerprint density at radius 3 is 2.67 bits per heavy atom. The maximum Gasteiger partial charge on any atom is 0.269 e. The summed E-state index contributed by atoms with van der Waals surface area (Å²) in [6.07, 6.45) is 0. The molecule has 174 valence electrons. The monoisotopic (exact) mass is 470 g/mol. The molecule has 1 saturated heterocycles. The summed E-state index contributed by atoms with van der Waals surface area (Å²) in [6, 6.07) is 14.9. The summed E-state index contributed by atoms with van der Waals surface area (Å²) in [4.78, 5) is 15.2. The highest BCUT2D eigenvalue weighted by Crippen LogP contribution is 2.32. The Labute approximate surface area is 197 Å². The number of methoxy groups -OCH3 is 2. The van der Waals surface area contributed by atoms with Crippen molar-refractivity contribution in [3.8, 4) is 22.8 Å². The van der Waals surface area contributed by atoms with Crippen LogP contribution in [0.25, 0.3) is 11.3 Å². The number of hydrogen-bond acceptors (Lipinski definition) is 6. The summed E-state index contributed by atoms with van der Waals surface area (Å²) in [5.74, 6) is 1.09. The zero-order valence-corrected chi connectivity index (χ0v) is 19.4. The topological polar surface area (TPSA) is 88.7 Å².